The van der Waals surface area contributed by atoms with Crippen LogP contribution in [0.15, 0.2) is 24.3 Å². The number of amides is 2. The quantitative estimate of drug-likeness (QED) is 0.641. The van der Waals surface area contributed by atoms with Crippen LogP contribution in [-0.4, -0.2) is 45.1 Å². The number of aryl methyl sites for hydroxylation is 1. The van der Waals surface area contributed by atoms with Crippen LogP contribution < -0.4 is 5.32 Å². The number of carbonyl (C=O) groups is 3. The van der Waals surface area contributed by atoms with Gasteiger partial charge in [-0.05, 0) is 51.3 Å². The van der Waals surface area contributed by atoms with E-state index in [9.17, 15) is 14.4 Å². The molecule has 2 aromatic heterocycles. The Morgan fingerprint density at radius 1 is 1.24 bits per heavy atom. The maximum absolute atomic E-state index is 13.2. The number of nitrogens with one attached hydrogen (secondary N) is 2. The minimum absolute atomic E-state index is 0.0816. The standard InChI is InChI=1S/C21H22N4O3S/c1-11-17(13(3)26)12(2)22-18(11)20(28)25-10-6-8-15(25)19(27)24-21-23-14-7-4-5-9-16(14)29-21/h4-5,7,9,15,22H,6,8,10H2,1-3H3,(H,23,24,27). The number of aromatic nitrogens is 2. The molecule has 1 atom stereocenters. The van der Waals surface area contributed by atoms with Gasteiger partial charge in [0.15, 0.2) is 10.9 Å². The number of ketones is 1. The first kappa shape index (κ1) is 19.3. The third kappa shape index (κ3) is 3.44. The molecule has 0 bridgehead atoms. The molecule has 2 amide bonds. The summed E-state index contributed by atoms with van der Waals surface area (Å²) >= 11 is 1.41. The predicted octanol–water partition coefficient (Wildman–Crippen LogP) is 3.69. The van der Waals surface area contributed by atoms with E-state index in [1.807, 2.05) is 24.3 Å². The summed E-state index contributed by atoms with van der Waals surface area (Å²) in [6.07, 6.45) is 1.35. The van der Waals surface area contributed by atoms with Crippen LogP contribution >= 0.6 is 11.3 Å². The zero-order valence-corrected chi connectivity index (χ0v) is 17.4. The zero-order chi connectivity index (χ0) is 20.7. The summed E-state index contributed by atoms with van der Waals surface area (Å²) in [7, 11) is 0. The maximum atomic E-state index is 13.2. The van der Waals surface area contributed by atoms with Crippen molar-refractivity contribution in [3.05, 3.63) is 46.8 Å². The second-order valence-corrected chi connectivity index (χ2v) is 8.34. The van der Waals surface area contributed by atoms with Gasteiger partial charge in [-0.2, -0.15) is 0 Å². The minimum Gasteiger partial charge on any atom is -0.354 e. The van der Waals surface area contributed by atoms with Gasteiger partial charge in [-0.3, -0.25) is 14.4 Å². The van der Waals surface area contributed by atoms with Gasteiger partial charge in [0.25, 0.3) is 5.91 Å². The number of anilines is 1. The van der Waals surface area contributed by atoms with Gasteiger partial charge in [-0.25, -0.2) is 4.98 Å². The number of rotatable bonds is 4. The maximum Gasteiger partial charge on any atom is 0.271 e. The zero-order valence-electron chi connectivity index (χ0n) is 16.5. The van der Waals surface area contributed by atoms with Gasteiger partial charge in [0.1, 0.15) is 11.7 Å². The van der Waals surface area contributed by atoms with Crippen molar-refractivity contribution in [1.29, 1.82) is 0 Å². The first-order valence-corrected chi connectivity index (χ1v) is 10.4. The number of fused-ring (bicyclic) bond motifs is 1. The molecule has 29 heavy (non-hydrogen) atoms. The summed E-state index contributed by atoms with van der Waals surface area (Å²) in [5.74, 6) is -0.565. The van der Waals surface area contributed by atoms with Gasteiger partial charge in [0.2, 0.25) is 5.91 Å². The number of carbonyl (C=O) groups excluding carboxylic acids is 3. The highest BCUT2D eigenvalue weighted by Crippen LogP contribution is 2.28. The lowest BCUT2D eigenvalue weighted by Gasteiger charge is -2.23. The van der Waals surface area contributed by atoms with Crippen LogP contribution in [0.3, 0.4) is 0 Å². The third-order valence-electron chi connectivity index (χ3n) is 5.34. The van der Waals surface area contributed by atoms with Crippen LogP contribution in [0.25, 0.3) is 10.2 Å². The number of benzene rings is 1. The summed E-state index contributed by atoms with van der Waals surface area (Å²) in [5, 5.41) is 3.40. The van der Waals surface area contributed by atoms with Crippen molar-refractivity contribution in [2.75, 3.05) is 11.9 Å². The Bertz CT molecular complexity index is 1100. The molecular formula is C21H22N4O3S. The Morgan fingerprint density at radius 3 is 2.69 bits per heavy atom. The van der Waals surface area contributed by atoms with Crippen LogP contribution in [0.4, 0.5) is 5.13 Å². The van der Waals surface area contributed by atoms with Crippen molar-refractivity contribution >= 4 is 44.3 Å². The predicted molar refractivity (Wildman–Crippen MR) is 113 cm³/mol. The number of aromatic amines is 1. The summed E-state index contributed by atoms with van der Waals surface area (Å²) in [4.78, 5) is 47.0. The first-order chi connectivity index (χ1) is 13.9. The molecule has 0 radical (unpaired) electrons. The van der Waals surface area contributed by atoms with Crippen molar-refractivity contribution in [3.8, 4) is 0 Å². The Labute approximate surface area is 172 Å². The van der Waals surface area contributed by atoms with Crippen LogP contribution in [0.2, 0.25) is 0 Å². The lowest BCUT2D eigenvalue weighted by molar-refractivity contribution is -0.119. The fraction of sp³-hybridized carbons (Fsp3) is 0.333. The van der Waals surface area contributed by atoms with E-state index in [2.05, 4.69) is 15.3 Å². The van der Waals surface area contributed by atoms with Gasteiger partial charge in [0, 0.05) is 17.8 Å². The van der Waals surface area contributed by atoms with Gasteiger partial charge in [-0.1, -0.05) is 23.5 Å². The lowest BCUT2D eigenvalue weighted by Crippen LogP contribution is -2.43. The smallest absolute Gasteiger partial charge is 0.271 e. The van der Waals surface area contributed by atoms with Crippen molar-refractivity contribution in [2.45, 2.75) is 39.7 Å². The minimum atomic E-state index is -0.557. The molecule has 4 rings (SSSR count). The molecule has 1 aliphatic heterocycles. The number of hydrogen-bond donors (Lipinski definition) is 2. The van der Waals surface area contributed by atoms with Crippen molar-refractivity contribution in [2.24, 2.45) is 0 Å². The van der Waals surface area contributed by atoms with Gasteiger partial charge in [-0.15, -0.1) is 0 Å². The van der Waals surface area contributed by atoms with Crippen molar-refractivity contribution in [3.63, 3.8) is 0 Å². The van der Waals surface area contributed by atoms with Crippen LogP contribution in [0.5, 0.6) is 0 Å². The van der Waals surface area contributed by atoms with E-state index in [1.54, 1.807) is 18.7 Å². The van der Waals surface area contributed by atoms with Crippen LogP contribution in [0.1, 0.15) is 51.9 Å². The van der Waals surface area contributed by atoms with E-state index in [1.165, 1.54) is 18.3 Å². The van der Waals surface area contributed by atoms with Crippen LogP contribution in [-0.2, 0) is 4.79 Å². The fourth-order valence-corrected chi connectivity index (χ4v) is 4.90. The van der Waals surface area contributed by atoms with Gasteiger partial charge in [0.05, 0.1) is 10.2 Å². The Morgan fingerprint density at radius 2 is 2.00 bits per heavy atom. The first-order valence-electron chi connectivity index (χ1n) is 9.54. The molecule has 3 aromatic rings. The second-order valence-electron chi connectivity index (χ2n) is 7.31. The van der Waals surface area contributed by atoms with E-state index >= 15 is 0 Å². The second kappa shape index (κ2) is 7.44. The summed E-state index contributed by atoms with van der Waals surface area (Å²) in [6, 6.07) is 7.13. The molecule has 1 aliphatic rings. The van der Waals surface area contributed by atoms with Gasteiger partial charge < -0.3 is 15.2 Å². The van der Waals surface area contributed by atoms with Crippen molar-refractivity contribution in [1.82, 2.24) is 14.9 Å². The Hall–Kier alpha value is -3.00. The van der Waals surface area contributed by atoms with E-state index in [4.69, 9.17) is 0 Å². The highest BCUT2D eigenvalue weighted by Gasteiger charge is 2.36. The molecular weight excluding hydrogens is 388 g/mol. The largest absolute Gasteiger partial charge is 0.354 e. The molecule has 0 saturated carbocycles. The van der Waals surface area contributed by atoms with E-state index in [-0.39, 0.29) is 17.6 Å². The molecule has 1 fully saturated rings. The topological polar surface area (TPSA) is 95.2 Å². The van der Waals surface area contributed by atoms with Gasteiger partial charge >= 0.3 is 0 Å². The van der Waals surface area contributed by atoms with Crippen LogP contribution in [0, 0.1) is 13.8 Å². The molecule has 2 N–H and O–H groups in total. The van der Waals surface area contributed by atoms with E-state index < -0.39 is 6.04 Å². The molecule has 150 valence electrons. The monoisotopic (exact) mass is 410 g/mol. The van der Waals surface area contributed by atoms with E-state index in [0.717, 1.165) is 16.6 Å². The third-order valence-corrected chi connectivity index (χ3v) is 6.30. The molecule has 3 heterocycles. The highest BCUT2D eigenvalue weighted by atomic mass is 32.1. The highest BCUT2D eigenvalue weighted by molar-refractivity contribution is 7.22. The molecule has 8 heteroatoms. The molecule has 1 unspecified atom stereocenters. The van der Waals surface area contributed by atoms with E-state index in [0.29, 0.717) is 40.6 Å². The average Bonchev–Trinajstić information content (AvgIpc) is 3.37. The Balaban J connectivity index is 1.55. The average molecular weight is 410 g/mol. The number of Topliss-reactive ketones (excluding diaryl/α,β-unsaturated/α-hetero) is 1. The number of H-pyrrole nitrogens is 1. The molecule has 0 spiro atoms. The summed E-state index contributed by atoms with van der Waals surface area (Å²) in [6.45, 7) is 5.53. The number of hydrogen-bond acceptors (Lipinski definition) is 5. The fourth-order valence-electron chi connectivity index (χ4n) is 4.03. The lowest BCUT2D eigenvalue weighted by atomic mass is 10.1. The number of likely N-dealkylation sites (tertiary alicyclic amines) is 1. The molecule has 0 aliphatic carbocycles. The normalized spacial score (nSPS) is 16.4. The number of nitrogens with zero attached hydrogens (tertiary/aromatic N) is 2. The molecule has 1 aromatic carbocycles. The molecule has 1 saturated heterocycles. The SMILES string of the molecule is CC(=O)c1c(C)[nH]c(C(=O)N2CCCC2C(=O)Nc2nc3ccccc3s2)c1C. The number of para-hydroxylation sites is 1. The molecule has 7 nitrogen and oxygen atoms in total. The Kier molecular flexibility index (Phi) is 4.96. The summed E-state index contributed by atoms with van der Waals surface area (Å²) in [5.41, 5.74) is 3.07. The number of thiazole rings is 1. The summed E-state index contributed by atoms with van der Waals surface area (Å²) < 4.78 is 0.997. The van der Waals surface area contributed by atoms with Crippen molar-refractivity contribution < 1.29 is 14.4 Å².